The number of ether oxygens (including phenoxy) is 1. The fraction of sp³-hybridized carbons (Fsp3) is 0.500. The molecule has 0 aromatic carbocycles. The largest absolute Gasteiger partial charge is 0.375 e. The molecule has 7 nitrogen and oxygen atoms in total. The van der Waals surface area contributed by atoms with E-state index in [-0.39, 0.29) is 18.4 Å². The minimum atomic E-state index is -0.0551. The Labute approximate surface area is 147 Å². The molecule has 0 spiro atoms. The maximum absolute atomic E-state index is 12.1. The van der Waals surface area contributed by atoms with Crippen LogP contribution in [0.5, 0.6) is 0 Å². The molecule has 1 saturated heterocycles. The lowest BCUT2D eigenvalue weighted by Gasteiger charge is -2.32. The zero-order chi connectivity index (χ0) is 17.8. The van der Waals surface area contributed by atoms with Gasteiger partial charge in [0, 0.05) is 31.4 Å². The van der Waals surface area contributed by atoms with E-state index in [1.165, 1.54) is 0 Å². The molecule has 1 amide bonds. The van der Waals surface area contributed by atoms with Crippen LogP contribution >= 0.6 is 0 Å². The number of hydrogen-bond donors (Lipinski definition) is 1. The summed E-state index contributed by atoms with van der Waals surface area (Å²) in [6, 6.07) is 3.99. The molecule has 7 heteroatoms. The number of amides is 1. The number of nitrogens with zero attached hydrogens (tertiary/aromatic N) is 3. The number of rotatable bonds is 5. The summed E-state index contributed by atoms with van der Waals surface area (Å²) in [5.41, 5.74) is 2.59. The van der Waals surface area contributed by atoms with Gasteiger partial charge in [-0.1, -0.05) is 11.2 Å². The molecule has 25 heavy (non-hydrogen) atoms. The Morgan fingerprint density at radius 3 is 2.88 bits per heavy atom. The molecule has 1 atom stereocenters. The summed E-state index contributed by atoms with van der Waals surface area (Å²) in [4.78, 5) is 18.8. The average molecular weight is 344 g/mol. The van der Waals surface area contributed by atoms with Crippen LogP contribution in [-0.2, 0) is 22.5 Å². The predicted octanol–water partition coefficient (Wildman–Crippen LogP) is 1.77. The van der Waals surface area contributed by atoms with Gasteiger partial charge in [0.2, 0.25) is 5.91 Å². The van der Waals surface area contributed by atoms with Gasteiger partial charge in [-0.15, -0.1) is 0 Å². The number of anilines is 1. The second-order valence-electron chi connectivity index (χ2n) is 6.41. The highest BCUT2D eigenvalue weighted by Gasteiger charge is 2.18. The van der Waals surface area contributed by atoms with Gasteiger partial charge in [-0.25, -0.2) is 4.98 Å². The van der Waals surface area contributed by atoms with Crippen molar-refractivity contribution in [3.8, 4) is 0 Å². The predicted molar refractivity (Wildman–Crippen MR) is 93.4 cm³/mol. The monoisotopic (exact) mass is 344 g/mol. The Morgan fingerprint density at radius 2 is 2.24 bits per heavy atom. The Hall–Kier alpha value is -2.41. The van der Waals surface area contributed by atoms with Gasteiger partial charge in [0.05, 0.1) is 24.8 Å². The molecule has 0 aliphatic carbocycles. The zero-order valence-electron chi connectivity index (χ0n) is 14.9. The molecule has 0 saturated carbocycles. The molecular weight excluding hydrogens is 320 g/mol. The normalized spacial score (nSPS) is 17.6. The van der Waals surface area contributed by atoms with Crippen molar-refractivity contribution in [3.63, 3.8) is 0 Å². The molecule has 2 aromatic rings. The molecule has 0 bridgehead atoms. The second kappa shape index (κ2) is 7.65. The first-order chi connectivity index (χ1) is 12.0. The van der Waals surface area contributed by atoms with Crippen molar-refractivity contribution in [1.82, 2.24) is 15.5 Å². The van der Waals surface area contributed by atoms with Crippen LogP contribution in [0.15, 0.2) is 22.9 Å². The van der Waals surface area contributed by atoms with Gasteiger partial charge >= 0.3 is 0 Å². The van der Waals surface area contributed by atoms with Crippen molar-refractivity contribution in [2.75, 3.05) is 24.6 Å². The van der Waals surface area contributed by atoms with Gasteiger partial charge in [0.1, 0.15) is 11.6 Å². The van der Waals surface area contributed by atoms with Gasteiger partial charge in [-0.2, -0.15) is 0 Å². The third-order valence-corrected chi connectivity index (χ3v) is 4.38. The molecular formula is C18H24N4O3. The Kier molecular flexibility index (Phi) is 5.33. The number of carbonyl (C=O) groups is 1. The smallest absolute Gasteiger partial charge is 0.224 e. The molecule has 2 aromatic heterocycles. The van der Waals surface area contributed by atoms with Crippen LogP contribution in [0.1, 0.15) is 29.5 Å². The van der Waals surface area contributed by atoms with Crippen LogP contribution in [0.4, 0.5) is 5.82 Å². The van der Waals surface area contributed by atoms with E-state index in [0.29, 0.717) is 12.3 Å². The summed E-state index contributed by atoms with van der Waals surface area (Å²) in [6.45, 7) is 8.60. The van der Waals surface area contributed by atoms with Gasteiger partial charge in [-0.05, 0) is 32.4 Å². The fourth-order valence-electron chi connectivity index (χ4n) is 2.91. The molecule has 1 aliphatic heterocycles. The molecule has 1 unspecified atom stereocenters. The summed E-state index contributed by atoms with van der Waals surface area (Å²) in [6.07, 6.45) is 2.31. The second-order valence-corrected chi connectivity index (χ2v) is 6.41. The highest BCUT2D eigenvalue weighted by molar-refractivity contribution is 5.79. The summed E-state index contributed by atoms with van der Waals surface area (Å²) >= 11 is 0. The summed E-state index contributed by atoms with van der Waals surface area (Å²) in [5, 5.41) is 6.78. The molecule has 3 rings (SSSR count). The van der Waals surface area contributed by atoms with E-state index in [0.717, 1.165) is 42.3 Å². The maximum Gasteiger partial charge on any atom is 0.224 e. The number of morpholine rings is 1. The molecule has 1 aliphatic rings. The van der Waals surface area contributed by atoms with Crippen LogP contribution in [0, 0.1) is 13.8 Å². The van der Waals surface area contributed by atoms with Gasteiger partial charge < -0.3 is 19.5 Å². The topological polar surface area (TPSA) is 80.5 Å². The van der Waals surface area contributed by atoms with Gasteiger partial charge in [0.25, 0.3) is 0 Å². The van der Waals surface area contributed by atoms with E-state index < -0.39 is 0 Å². The standard InChI is InChI=1S/C18H24N4O3/c1-12-11-22(6-7-24-12)17-5-4-15(9-19-17)10-20-18(23)8-16-13(2)21-25-14(16)3/h4-5,9,12H,6-8,10-11H2,1-3H3,(H,20,23). The molecule has 1 N–H and O–H groups in total. The van der Waals surface area contributed by atoms with Crippen LogP contribution in [-0.4, -0.2) is 41.8 Å². The number of carbonyl (C=O) groups excluding carboxylic acids is 1. The van der Waals surface area contributed by atoms with E-state index in [4.69, 9.17) is 9.26 Å². The molecule has 3 heterocycles. The van der Waals surface area contributed by atoms with Crippen molar-refractivity contribution in [3.05, 3.63) is 40.9 Å². The van der Waals surface area contributed by atoms with E-state index in [1.54, 1.807) is 0 Å². The van der Waals surface area contributed by atoms with Gasteiger partial charge in [0.15, 0.2) is 0 Å². The van der Waals surface area contributed by atoms with Crippen molar-refractivity contribution < 1.29 is 14.1 Å². The van der Waals surface area contributed by atoms with Crippen molar-refractivity contribution in [1.29, 1.82) is 0 Å². The van der Waals surface area contributed by atoms with Crippen LogP contribution in [0.2, 0.25) is 0 Å². The van der Waals surface area contributed by atoms with E-state index in [9.17, 15) is 4.79 Å². The van der Waals surface area contributed by atoms with E-state index in [1.807, 2.05) is 32.2 Å². The van der Waals surface area contributed by atoms with Crippen molar-refractivity contribution in [2.24, 2.45) is 0 Å². The lowest BCUT2D eigenvalue weighted by atomic mass is 10.1. The van der Waals surface area contributed by atoms with E-state index >= 15 is 0 Å². The lowest BCUT2D eigenvalue weighted by molar-refractivity contribution is -0.120. The zero-order valence-corrected chi connectivity index (χ0v) is 14.9. The molecule has 0 radical (unpaired) electrons. The van der Waals surface area contributed by atoms with Crippen LogP contribution < -0.4 is 10.2 Å². The minimum absolute atomic E-state index is 0.0551. The first kappa shape index (κ1) is 17.4. The van der Waals surface area contributed by atoms with Crippen molar-refractivity contribution >= 4 is 11.7 Å². The molecule has 134 valence electrons. The first-order valence-electron chi connectivity index (χ1n) is 8.53. The quantitative estimate of drug-likeness (QED) is 0.890. The third-order valence-electron chi connectivity index (χ3n) is 4.38. The van der Waals surface area contributed by atoms with Gasteiger partial charge in [-0.3, -0.25) is 4.79 Å². The van der Waals surface area contributed by atoms with Crippen LogP contribution in [0.25, 0.3) is 0 Å². The average Bonchev–Trinajstić information content (AvgIpc) is 2.92. The fourth-order valence-corrected chi connectivity index (χ4v) is 2.91. The maximum atomic E-state index is 12.1. The molecule has 1 fully saturated rings. The lowest BCUT2D eigenvalue weighted by Crippen LogP contribution is -2.41. The SMILES string of the molecule is Cc1noc(C)c1CC(=O)NCc1ccc(N2CCOC(C)C2)nc1. The number of hydrogen-bond acceptors (Lipinski definition) is 6. The van der Waals surface area contributed by atoms with Crippen LogP contribution in [0.3, 0.4) is 0 Å². The van der Waals surface area contributed by atoms with Crippen molar-refractivity contribution in [2.45, 2.75) is 39.8 Å². The van der Waals surface area contributed by atoms with E-state index in [2.05, 4.69) is 27.3 Å². The Balaban J connectivity index is 1.52. The Bertz CT molecular complexity index is 707. The first-order valence-corrected chi connectivity index (χ1v) is 8.53. The Morgan fingerprint density at radius 1 is 1.40 bits per heavy atom. The minimum Gasteiger partial charge on any atom is -0.375 e. The number of pyridine rings is 1. The highest BCUT2D eigenvalue weighted by Crippen LogP contribution is 2.16. The number of aromatic nitrogens is 2. The summed E-state index contributed by atoms with van der Waals surface area (Å²) < 4.78 is 10.6. The third kappa shape index (κ3) is 4.36. The number of aryl methyl sites for hydroxylation is 2. The summed E-state index contributed by atoms with van der Waals surface area (Å²) in [7, 11) is 0. The number of nitrogens with one attached hydrogen (secondary N) is 1. The highest BCUT2D eigenvalue weighted by atomic mass is 16.5. The summed E-state index contributed by atoms with van der Waals surface area (Å²) in [5.74, 6) is 1.58.